The zero-order valence-electron chi connectivity index (χ0n) is 18.0. The predicted octanol–water partition coefficient (Wildman–Crippen LogP) is 4.55. The van der Waals surface area contributed by atoms with Gasteiger partial charge in [-0.1, -0.05) is 23.2 Å². The lowest BCUT2D eigenvalue weighted by Crippen LogP contribution is -2.45. The average molecular weight is 461 g/mol. The fraction of sp³-hybridized carbons (Fsp3) is 0.619. The van der Waals surface area contributed by atoms with Crippen molar-refractivity contribution < 1.29 is 24.2 Å². The van der Waals surface area contributed by atoms with Crippen molar-refractivity contribution in [3.8, 4) is 5.75 Å². The molecule has 0 bridgehead atoms. The van der Waals surface area contributed by atoms with E-state index in [2.05, 4.69) is 5.32 Å². The average Bonchev–Trinajstić information content (AvgIpc) is 3.04. The Hall–Kier alpha value is -1.70. The van der Waals surface area contributed by atoms with E-state index in [-0.39, 0.29) is 24.4 Å². The highest BCUT2D eigenvalue weighted by Gasteiger charge is 2.40. The van der Waals surface area contributed by atoms with E-state index in [1.165, 1.54) is 0 Å². The molecule has 1 aromatic rings. The number of carbonyl (C=O) groups is 2. The van der Waals surface area contributed by atoms with E-state index in [1.54, 1.807) is 31.1 Å². The topological polar surface area (TPSA) is 88.1 Å². The molecule has 3 atom stereocenters. The molecule has 1 aromatic carbocycles. The van der Waals surface area contributed by atoms with E-state index in [0.29, 0.717) is 35.3 Å². The molecule has 9 heteroatoms. The molecule has 2 N–H and O–H groups in total. The SMILES string of the molecule is COc1ccc(Cl)c(Cl)c1[C@H]1C[C@@H](CN[C@H](C)CC(=O)O)N(C(=O)OC(C)(C)C)C1. The second kappa shape index (κ2) is 10.1. The number of ether oxygens (including phenoxy) is 2. The minimum Gasteiger partial charge on any atom is -0.496 e. The maximum atomic E-state index is 12.9. The maximum Gasteiger partial charge on any atom is 0.410 e. The van der Waals surface area contributed by atoms with Crippen molar-refractivity contribution >= 4 is 35.3 Å². The fourth-order valence-corrected chi connectivity index (χ4v) is 4.12. The van der Waals surface area contributed by atoms with Gasteiger partial charge >= 0.3 is 12.1 Å². The fourth-order valence-electron chi connectivity index (χ4n) is 3.64. The lowest BCUT2D eigenvalue weighted by Gasteiger charge is -2.29. The molecule has 0 radical (unpaired) electrons. The molecule has 0 saturated carbocycles. The number of aliphatic carboxylic acids is 1. The molecule has 2 rings (SSSR count). The molecule has 7 nitrogen and oxygen atoms in total. The highest BCUT2D eigenvalue weighted by Crippen LogP contribution is 2.43. The number of nitrogens with one attached hydrogen (secondary N) is 1. The first kappa shape index (κ1) is 24.6. The van der Waals surface area contributed by atoms with E-state index in [9.17, 15) is 9.59 Å². The van der Waals surface area contributed by atoms with Gasteiger partial charge in [0, 0.05) is 36.7 Å². The van der Waals surface area contributed by atoms with Crippen LogP contribution in [-0.4, -0.2) is 60.0 Å². The molecule has 0 aliphatic carbocycles. The minimum atomic E-state index is -0.876. The highest BCUT2D eigenvalue weighted by molar-refractivity contribution is 6.42. The molecule has 1 heterocycles. The number of hydrogen-bond acceptors (Lipinski definition) is 5. The monoisotopic (exact) mass is 460 g/mol. The molecule has 0 unspecified atom stereocenters. The zero-order valence-corrected chi connectivity index (χ0v) is 19.5. The quantitative estimate of drug-likeness (QED) is 0.620. The Labute approximate surface area is 187 Å². The van der Waals surface area contributed by atoms with Gasteiger partial charge in [-0.05, 0) is 46.2 Å². The summed E-state index contributed by atoms with van der Waals surface area (Å²) in [4.78, 5) is 25.5. The van der Waals surface area contributed by atoms with Crippen LogP contribution in [0.5, 0.6) is 5.75 Å². The van der Waals surface area contributed by atoms with Crippen LogP contribution >= 0.6 is 23.2 Å². The first-order chi connectivity index (χ1) is 13.9. The Morgan fingerprint density at radius 1 is 1.33 bits per heavy atom. The molecule has 1 saturated heterocycles. The number of halogens is 2. The van der Waals surface area contributed by atoms with Crippen LogP contribution in [-0.2, 0) is 9.53 Å². The Morgan fingerprint density at radius 3 is 2.57 bits per heavy atom. The van der Waals surface area contributed by atoms with Crippen LogP contribution < -0.4 is 10.1 Å². The molecule has 1 aliphatic heterocycles. The number of carbonyl (C=O) groups excluding carboxylic acids is 1. The van der Waals surface area contributed by atoms with Crippen molar-refractivity contribution in [1.29, 1.82) is 0 Å². The number of hydrogen-bond donors (Lipinski definition) is 2. The van der Waals surface area contributed by atoms with Gasteiger partial charge in [-0.2, -0.15) is 0 Å². The van der Waals surface area contributed by atoms with Crippen molar-refractivity contribution in [2.24, 2.45) is 0 Å². The number of carboxylic acids is 1. The Kier molecular flexibility index (Phi) is 8.25. The molecule has 1 fully saturated rings. The van der Waals surface area contributed by atoms with Crippen molar-refractivity contribution in [1.82, 2.24) is 10.2 Å². The summed E-state index contributed by atoms with van der Waals surface area (Å²) in [5.41, 5.74) is 0.135. The molecule has 0 aromatic heterocycles. The Morgan fingerprint density at radius 2 is 2.00 bits per heavy atom. The highest BCUT2D eigenvalue weighted by atomic mass is 35.5. The predicted molar refractivity (Wildman–Crippen MR) is 117 cm³/mol. The summed E-state index contributed by atoms with van der Waals surface area (Å²) in [6, 6.07) is 3.02. The molecule has 1 amide bonds. The molecule has 0 spiro atoms. The second-order valence-electron chi connectivity index (χ2n) is 8.60. The number of rotatable bonds is 7. The van der Waals surface area contributed by atoms with Gasteiger partial charge in [-0.25, -0.2) is 4.79 Å². The van der Waals surface area contributed by atoms with Gasteiger partial charge in [0.05, 0.1) is 23.6 Å². The summed E-state index contributed by atoms with van der Waals surface area (Å²) in [5, 5.41) is 13.0. The largest absolute Gasteiger partial charge is 0.496 e. The molecular weight excluding hydrogens is 431 g/mol. The van der Waals surface area contributed by atoms with Crippen molar-refractivity contribution in [2.75, 3.05) is 20.2 Å². The van der Waals surface area contributed by atoms with E-state index < -0.39 is 17.7 Å². The summed E-state index contributed by atoms with van der Waals surface area (Å²) in [6.07, 6.45) is 0.193. The van der Waals surface area contributed by atoms with Gasteiger partial charge in [-0.3, -0.25) is 4.79 Å². The third-order valence-corrected chi connectivity index (χ3v) is 5.76. The Balaban J connectivity index is 2.27. The summed E-state index contributed by atoms with van der Waals surface area (Å²) < 4.78 is 11.1. The number of amides is 1. The van der Waals surface area contributed by atoms with Crippen LogP contribution in [0.4, 0.5) is 4.79 Å². The van der Waals surface area contributed by atoms with Crippen LogP contribution in [0.15, 0.2) is 12.1 Å². The smallest absolute Gasteiger partial charge is 0.410 e. The first-order valence-electron chi connectivity index (χ1n) is 9.89. The van der Waals surface area contributed by atoms with E-state index in [0.717, 1.165) is 5.56 Å². The summed E-state index contributed by atoms with van der Waals surface area (Å²) >= 11 is 12.7. The molecule has 168 valence electrons. The number of methoxy groups -OCH3 is 1. The van der Waals surface area contributed by atoms with Crippen LogP contribution in [0.2, 0.25) is 10.0 Å². The van der Waals surface area contributed by atoms with Gasteiger partial charge in [0.1, 0.15) is 11.4 Å². The van der Waals surface area contributed by atoms with E-state index in [1.807, 2.05) is 20.8 Å². The summed E-state index contributed by atoms with van der Waals surface area (Å²) in [5.74, 6) is -0.356. The van der Waals surface area contributed by atoms with Gasteiger partial charge in [0.2, 0.25) is 0 Å². The van der Waals surface area contributed by atoms with Crippen LogP contribution in [0.25, 0.3) is 0 Å². The number of nitrogens with zero attached hydrogens (tertiary/aromatic N) is 1. The molecule has 30 heavy (non-hydrogen) atoms. The standard InChI is InChI=1S/C21H30Cl2N2O5/c1-12(8-17(26)27)24-10-14-9-13(11-25(14)20(28)30-21(2,3)4)18-16(29-5)7-6-15(22)19(18)23/h6-7,12-14,24H,8-11H2,1-5H3,(H,26,27)/t12-,13+,14+/m1/s1. The van der Waals surface area contributed by atoms with Crippen LogP contribution in [0.3, 0.4) is 0 Å². The number of carboxylic acid groups (broad SMARTS) is 1. The van der Waals surface area contributed by atoms with Crippen LogP contribution in [0.1, 0.15) is 52.0 Å². The lowest BCUT2D eigenvalue weighted by atomic mass is 9.95. The Bertz CT molecular complexity index is 781. The first-order valence-corrected chi connectivity index (χ1v) is 10.6. The van der Waals surface area contributed by atoms with Gasteiger partial charge < -0.3 is 24.8 Å². The normalized spacial score (nSPS) is 20.2. The summed E-state index contributed by atoms with van der Waals surface area (Å²) in [6.45, 7) is 8.08. The van der Waals surface area contributed by atoms with Crippen molar-refractivity contribution in [3.05, 3.63) is 27.7 Å². The van der Waals surface area contributed by atoms with Gasteiger partial charge in [0.25, 0.3) is 0 Å². The van der Waals surface area contributed by atoms with E-state index in [4.69, 9.17) is 37.8 Å². The molecule has 1 aliphatic rings. The second-order valence-corrected chi connectivity index (χ2v) is 9.39. The van der Waals surface area contributed by atoms with Gasteiger partial charge in [-0.15, -0.1) is 0 Å². The van der Waals surface area contributed by atoms with E-state index >= 15 is 0 Å². The third-order valence-electron chi connectivity index (χ3n) is 4.95. The minimum absolute atomic E-state index is 0.00344. The summed E-state index contributed by atoms with van der Waals surface area (Å²) in [7, 11) is 1.57. The zero-order chi connectivity index (χ0) is 22.6. The number of benzene rings is 1. The van der Waals surface area contributed by atoms with Crippen molar-refractivity contribution in [2.45, 2.75) is 64.1 Å². The third kappa shape index (κ3) is 6.40. The van der Waals surface area contributed by atoms with Crippen LogP contribution in [0, 0.1) is 0 Å². The maximum absolute atomic E-state index is 12.9. The number of likely N-dealkylation sites (tertiary alicyclic amines) is 1. The van der Waals surface area contributed by atoms with Crippen molar-refractivity contribution in [3.63, 3.8) is 0 Å². The molecular formula is C21H30Cl2N2O5. The lowest BCUT2D eigenvalue weighted by molar-refractivity contribution is -0.137. The van der Waals surface area contributed by atoms with Gasteiger partial charge in [0.15, 0.2) is 0 Å².